The quantitative estimate of drug-likeness (QED) is 0.882. The fourth-order valence-electron chi connectivity index (χ4n) is 1.71. The molecule has 1 heterocycles. The van der Waals surface area contributed by atoms with Gasteiger partial charge in [-0.3, -0.25) is 9.89 Å². The van der Waals surface area contributed by atoms with Crippen molar-refractivity contribution in [2.45, 2.75) is 11.4 Å². The summed E-state index contributed by atoms with van der Waals surface area (Å²) in [6.07, 6.45) is 5.43. The van der Waals surface area contributed by atoms with E-state index in [0.717, 1.165) is 10.5 Å². The van der Waals surface area contributed by atoms with E-state index in [1.165, 1.54) is 0 Å². The van der Waals surface area contributed by atoms with Crippen LogP contribution in [-0.4, -0.2) is 34.3 Å². The Labute approximate surface area is 121 Å². The van der Waals surface area contributed by atoms with Crippen molar-refractivity contribution in [3.8, 4) is 0 Å². The predicted octanol–water partition coefficient (Wildman–Crippen LogP) is 3.06. The van der Waals surface area contributed by atoms with Gasteiger partial charge in [-0.2, -0.15) is 5.10 Å². The number of amides is 1. The summed E-state index contributed by atoms with van der Waals surface area (Å²) in [5.74, 6) is -0.0953. The maximum Gasteiger partial charge on any atom is 0.255 e. The molecule has 19 heavy (non-hydrogen) atoms. The van der Waals surface area contributed by atoms with Gasteiger partial charge in [0.25, 0.3) is 5.91 Å². The molecule has 0 aliphatic heterocycles. The van der Waals surface area contributed by atoms with Crippen molar-refractivity contribution in [3.05, 3.63) is 46.7 Å². The van der Waals surface area contributed by atoms with Crippen molar-refractivity contribution >= 4 is 29.3 Å². The lowest BCUT2D eigenvalue weighted by molar-refractivity contribution is 0.0785. The van der Waals surface area contributed by atoms with Crippen LogP contribution in [0.4, 0.5) is 0 Å². The van der Waals surface area contributed by atoms with Gasteiger partial charge in [0, 0.05) is 30.2 Å². The molecule has 1 aromatic heterocycles. The zero-order valence-electron chi connectivity index (χ0n) is 10.7. The first-order chi connectivity index (χ1) is 9.11. The number of halogens is 1. The molecule has 2 aromatic rings. The van der Waals surface area contributed by atoms with Crippen LogP contribution in [0.15, 0.2) is 35.5 Å². The molecule has 0 unspecified atom stereocenters. The summed E-state index contributed by atoms with van der Waals surface area (Å²) in [5.41, 5.74) is 1.48. The molecule has 0 aliphatic rings. The largest absolute Gasteiger partial charge is 0.337 e. The van der Waals surface area contributed by atoms with Gasteiger partial charge in [0.1, 0.15) is 0 Å². The zero-order chi connectivity index (χ0) is 13.8. The first kappa shape index (κ1) is 14.0. The van der Waals surface area contributed by atoms with Gasteiger partial charge in [0.2, 0.25) is 0 Å². The lowest BCUT2D eigenvalue weighted by atomic mass is 10.2. The average molecular weight is 296 g/mol. The van der Waals surface area contributed by atoms with E-state index in [1.54, 1.807) is 42.2 Å². The second-order valence-corrected chi connectivity index (χ2v) is 5.40. The van der Waals surface area contributed by atoms with Crippen molar-refractivity contribution in [3.63, 3.8) is 0 Å². The number of benzene rings is 1. The highest BCUT2D eigenvalue weighted by molar-refractivity contribution is 7.98. The second-order valence-electron chi connectivity index (χ2n) is 4.11. The third kappa shape index (κ3) is 3.30. The normalized spacial score (nSPS) is 10.5. The fourth-order valence-corrected chi connectivity index (χ4v) is 2.35. The van der Waals surface area contributed by atoms with Crippen molar-refractivity contribution < 1.29 is 4.79 Å². The van der Waals surface area contributed by atoms with Gasteiger partial charge in [-0.15, -0.1) is 11.8 Å². The summed E-state index contributed by atoms with van der Waals surface area (Å²) in [6, 6.07) is 5.48. The van der Waals surface area contributed by atoms with Crippen LogP contribution in [0, 0.1) is 0 Å². The topological polar surface area (TPSA) is 49.0 Å². The van der Waals surface area contributed by atoms with Gasteiger partial charge in [0.05, 0.1) is 16.8 Å². The van der Waals surface area contributed by atoms with E-state index in [4.69, 9.17) is 11.6 Å². The molecule has 0 atom stereocenters. The number of thioether (sulfide) groups is 1. The second kappa shape index (κ2) is 6.12. The Kier molecular flexibility index (Phi) is 4.50. The maximum atomic E-state index is 12.4. The maximum absolute atomic E-state index is 12.4. The first-order valence-corrected chi connectivity index (χ1v) is 7.28. The highest BCUT2D eigenvalue weighted by atomic mass is 35.5. The highest BCUT2D eigenvalue weighted by Crippen LogP contribution is 2.24. The van der Waals surface area contributed by atoms with Gasteiger partial charge in [-0.1, -0.05) is 11.6 Å². The molecule has 1 amide bonds. The number of H-pyrrole nitrogens is 1. The van der Waals surface area contributed by atoms with E-state index in [-0.39, 0.29) is 5.91 Å². The van der Waals surface area contributed by atoms with Crippen LogP contribution >= 0.6 is 23.4 Å². The molecule has 0 bridgehead atoms. The summed E-state index contributed by atoms with van der Waals surface area (Å²) in [6.45, 7) is 0.495. The molecule has 0 saturated carbocycles. The Hall–Kier alpha value is -1.46. The fraction of sp³-hybridized carbons (Fsp3) is 0.231. The summed E-state index contributed by atoms with van der Waals surface area (Å²) in [7, 11) is 1.75. The van der Waals surface area contributed by atoms with Crippen molar-refractivity contribution in [1.82, 2.24) is 15.1 Å². The van der Waals surface area contributed by atoms with Gasteiger partial charge in [-0.05, 0) is 24.5 Å². The first-order valence-electron chi connectivity index (χ1n) is 5.68. The number of rotatable bonds is 4. The van der Waals surface area contributed by atoms with Crippen LogP contribution in [0.25, 0.3) is 0 Å². The van der Waals surface area contributed by atoms with Crippen LogP contribution in [0.3, 0.4) is 0 Å². The Morgan fingerprint density at radius 2 is 2.32 bits per heavy atom. The van der Waals surface area contributed by atoms with E-state index < -0.39 is 0 Å². The number of hydrogen-bond acceptors (Lipinski definition) is 3. The average Bonchev–Trinajstić information content (AvgIpc) is 2.91. The highest BCUT2D eigenvalue weighted by Gasteiger charge is 2.16. The smallest absolute Gasteiger partial charge is 0.255 e. The summed E-state index contributed by atoms with van der Waals surface area (Å²) in [4.78, 5) is 15.0. The standard InChI is InChI=1S/C13H14ClN3OS/c1-17(8-9-6-15-16-7-9)13(18)11-5-10(19-2)3-4-12(11)14/h3-7H,8H2,1-2H3,(H,15,16). The van der Waals surface area contributed by atoms with Crippen LogP contribution < -0.4 is 0 Å². The number of hydrogen-bond donors (Lipinski definition) is 1. The van der Waals surface area contributed by atoms with Crippen molar-refractivity contribution in [2.75, 3.05) is 13.3 Å². The lowest BCUT2D eigenvalue weighted by Gasteiger charge is -2.17. The Balaban J connectivity index is 2.18. The summed E-state index contributed by atoms with van der Waals surface area (Å²) < 4.78 is 0. The number of carbonyl (C=O) groups is 1. The predicted molar refractivity (Wildman–Crippen MR) is 77.6 cm³/mol. The van der Waals surface area contributed by atoms with Crippen LogP contribution in [0.2, 0.25) is 5.02 Å². The van der Waals surface area contributed by atoms with Crippen molar-refractivity contribution in [1.29, 1.82) is 0 Å². The molecule has 4 nitrogen and oxygen atoms in total. The Bertz CT molecular complexity index is 571. The monoisotopic (exact) mass is 295 g/mol. The molecule has 0 saturated heterocycles. The molecule has 1 N–H and O–H groups in total. The van der Waals surface area contributed by atoms with Crippen molar-refractivity contribution in [2.24, 2.45) is 0 Å². The third-order valence-electron chi connectivity index (χ3n) is 2.73. The van der Waals surface area contributed by atoms with Gasteiger partial charge in [-0.25, -0.2) is 0 Å². The zero-order valence-corrected chi connectivity index (χ0v) is 12.3. The van der Waals surface area contributed by atoms with Gasteiger partial charge < -0.3 is 4.90 Å². The number of aromatic amines is 1. The van der Waals surface area contributed by atoms with E-state index in [9.17, 15) is 4.79 Å². The number of nitrogens with zero attached hydrogens (tertiary/aromatic N) is 2. The molecule has 2 rings (SSSR count). The van der Waals surface area contributed by atoms with Gasteiger partial charge in [0.15, 0.2) is 0 Å². The van der Waals surface area contributed by atoms with Gasteiger partial charge >= 0.3 is 0 Å². The number of nitrogens with one attached hydrogen (secondary N) is 1. The minimum absolute atomic E-state index is 0.0953. The number of carbonyl (C=O) groups excluding carboxylic acids is 1. The molecule has 100 valence electrons. The Morgan fingerprint density at radius 3 is 2.95 bits per heavy atom. The molecule has 0 radical (unpaired) electrons. The molecule has 0 spiro atoms. The number of aromatic nitrogens is 2. The van der Waals surface area contributed by atoms with E-state index >= 15 is 0 Å². The lowest BCUT2D eigenvalue weighted by Crippen LogP contribution is -2.26. The molecule has 0 aliphatic carbocycles. The molecule has 1 aromatic carbocycles. The third-order valence-corrected chi connectivity index (χ3v) is 3.78. The minimum Gasteiger partial charge on any atom is -0.337 e. The molecular weight excluding hydrogens is 282 g/mol. The molecule has 6 heteroatoms. The molecule has 0 fully saturated rings. The van der Waals surface area contributed by atoms with Crippen LogP contribution in [-0.2, 0) is 6.54 Å². The summed E-state index contributed by atoms with van der Waals surface area (Å²) >= 11 is 7.68. The van der Waals surface area contributed by atoms with Crippen LogP contribution in [0.5, 0.6) is 0 Å². The SMILES string of the molecule is CSc1ccc(Cl)c(C(=O)N(C)Cc2cn[nH]c2)c1. The molecular formula is C13H14ClN3OS. The summed E-state index contributed by atoms with van der Waals surface area (Å²) in [5, 5.41) is 7.06. The van der Waals surface area contributed by atoms with E-state index in [1.807, 2.05) is 18.4 Å². The van der Waals surface area contributed by atoms with E-state index in [2.05, 4.69) is 10.2 Å². The Morgan fingerprint density at radius 1 is 1.53 bits per heavy atom. The van der Waals surface area contributed by atoms with Crippen LogP contribution in [0.1, 0.15) is 15.9 Å². The van der Waals surface area contributed by atoms with E-state index in [0.29, 0.717) is 17.1 Å². The minimum atomic E-state index is -0.0953.